The Labute approximate surface area is 121 Å². The van der Waals surface area contributed by atoms with Crippen molar-refractivity contribution in [2.75, 3.05) is 14.2 Å². The second kappa shape index (κ2) is 6.26. The van der Waals surface area contributed by atoms with E-state index in [0.717, 1.165) is 12.1 Å². The lowest BCUT2D eigenvalue weighted by Crippen LogP contribution is -2.06. The van der Waals surface area contributed by atoms with E-state index in [2.05, 4.69) is 0 Å². The number of halogens is 1. The van der Waals surface area contributed by atoms with E-state index in [9.17, 15) is 14.3 Å². The van der Waals surface area contributed by atoms with Crippen LogP contribution in [-0.2, 0) is 4.79 Å². The van der Waals surface area contributed by atoms with Crippen LogP contribution in [0.25, 0.3) is 0 Å². The van der Waals surface area contributed by atoms with Crippen molar-refractivity contribution < 1.29 is 23.8 Å². The second-order valence-corrected chi connectivity index (χ2v) is 4.43. The highest BCUT2D eigenvalue weighted by Crippen LogP contribution is 2.38. The third kappa shape index (κ3) is 2.97. The number of ether oxygens (including phenoxy) is 2. The van der Waals surface area contributed by atoms with Gasteiger partial charge in [-0.05, 0) is 17.7 Å². The molecule has 0 spiro atoms. The van der Waals surface area contributed by atoms with Crippen LogP contribution in [0.5, 0.6) is 17.2 Å². The molecular weight excluding hydrogens is 275 g/mol. The molecule has 1 atom stereocenters. The van der Waals surface area contributed by atoms with Crippen molar-refractivity contribution in [2.24, 2.45) is 0 Å². The minimum absolute atomic E-state index is 0.125. The lowest BCUT2D eigenvalue weighted by molar-refractivity contribution is -0.108. The maximum absolute atomic E-state index is 13.3. The van der Waals surface area contributed by atoms with Crippen LogP contribution in [0.4, 0.5) is 4.39 Å². The van der Waals surface area contributed by atoms with Crippen molar-refractivity contribution in [3.63, 3.8) is 0 Å². The van der Waals surface area contributed by atoms with E-state index in [-0.39, 0.29) is 17.1 Å². The lowest BCUT2D eigenvalue weighted by Gasteiger charge is -2.17. The fourth-order valence-corrected chi connectivity index (χ4v) is 2.19. The third-order valence-corrected chi connectivity index (χ3v) is 3.23. The van der Waals surface area contributed by atoms with Crippen molar-refractivity contribution in [2.45, 2.75) is 5.92 Å². The largest absolute Gasteiger partial charge is 0.507 e. The average Bonchev–Trinajstić information content (AvgIpc) is 2.50. The number of aldehydes is 1. The predicted molar refractivity (Wildman–Crippen MR) is 75.5 cm³/mol. The molecule has 0 aliphatic carbocycles. The number of phenolic OH excluding ortho intramolecular Hbond substituents is 1. The molecule has 0 heterocycles. The molecule has 0 radical (unpaired) electrons. The molecule has 2 aromatic carbocycles. The van der Waals surface area contributed by atoms with Crippen LogP contribution >= 0.6 is 0 Å². The number of carbonyl (C=O) groups is 1. The number of phenols is 1. The first kappa shape index (κ1) is 14.8. The first-order valence-corrected chi connectivity index (χ1v) is 6.26. The molecule has 0 saturated carbocycles. The topological polar surface area (TPSA) is 55.8 Å². The van der Waals surface area contributed by atoms with Gasteiger partial charge in [0.1, 0.15) is 29.4 Å². The van der Waals surface area contributed by atoms with Crippen LogP contribution in [0.15, 0.2) is 36.4 Å². The van der Waals surface area contributed by atoms with Crippen molar-refractivity contribution >= 4 is 6.29 Å². The van der Waals surface area contributed by atoms with Gasteiger partial charge in [-0.25, -0.2) is 4.39 Å². The molecule has 21 heavy (non-hydrogen) atoms. The Kier molecular flexibility index (Phi) is 4.42. The van der Waals surface area contributed by atoms with Crippen molar-refractivity contribution in [1.82, 2.24) is 0 Å². The van der Waals surface area contributed by atoms with Crippen molar-refractivity contribution in [3.8, 4) is 17.2 Å². The number of aromatic hydroxyl groups is 1. The Balaban J connectivity index is 2.52. The normalized spacial score (nSPS) is 11.8. The molecule has 0 aliphatic heterocycles. The van der Waals surface area contributed by atoms with Crippen molar-refractivity contribution in [3.05, 3.63) is 53.3 Å². The van der Waals surface area contributed by atoms with Gasteiger partial charge in [0.25, 0.3) is 0 Å². The summed E-state index contributed by atoms with van der Waals surface area (Å²) in [5, 5.41) is 9.96. The van der Waals surface area contributed by atoms with Gasteiger partial charge in [0.2, 0.25) is 0 Å². The number of hydrogen-bond acceptors (Lipinski definition) is 4. The summed E-state index contributed by atoms with van der Waals surface area (Å²) in [4.78, 5) is 11.5. The fourth-order valence-electron chi connectivity index (χ4n) is 2.19. The van der Waals surface area contributed by atoms with Gasteiger partial charge in [0.15, 0.2) is 0 Å². The Morgan fingerprint density at radius 3 is 2.33 bits per heavy atom. The maximum atomic E-state index is 13.3. The van der Waals surface area contributed by atoms with Crippen LogP contribution in [0.1, 0.15) is 17.0 Å². The summed E-state index contributed by atoms with van der Waals surface area (Å²) >= 11 is 0. The maximum Gasteiger partial charge on any atom is 0.132 e. The van der Waals surface area contributed by atoms with Gasteiger partial charge in [-0.3, -0.25) is 0 Å². The van der Waals surface area contributed by atoms with Gasteiger partial charge in [-0.1, -0.05) is 12.1 Å². The van der Waals surface area contributed by atoms with E-state index in [1.54, 1.807) is 31.4 Å². The number of rotatable bonds is 5. The Hall–Kier alpha value is -2.56. The SMILES string of the molecule is COc1ccc(C(C=O)c2c(O)cc(F)cc2OC)cc1. The quantitative estimate of drug-likeness (QED) is 0.860. The highest BCUT2D eigenvalue weighted by molar-refractivity contribution is 5.72. The molecule has 0 bridgehead atoms. The summed E-state index contributed by atoms with van der Waals surface area (Å²) in [6, 6.07) is 8.92. The van der Waals surface area contributed by atoms with Gasteiger partial charge in [0.05, 0.1) is 25.7 Å². The van der Waals surface area contributed by atoms with E-state index in [1.807, 2.05) is 0 Å². The zero-order chi connectivity index (χ0) is 15.4. The van der Waals surface area contributed by atoms with E-state index >= 15 is 0 Å². The average molecular weight is 290 g/mol. The summed E-state index contributed by atoms with van der Waals surface area (Å²) in [6.45, 7) is 0. The molecule has 1 N–H and O–H groups in total. The van der Waals surface area contributed by atoms with Crippen LogP contribution in [-0.4, -0.2) is 25.6 Å². The van der Waals surface area contributed by atoms with Crippen LogP contribution in [0.3, 0.4) is 0 Å². The predicted octanol–water partition coefficient (Wildman–Crippen LogP) is 2.88. The van der Waals surface area contributed by atoms with Gasteiger partial charge in [0, 0.05) is 12.1 Å². The Morgan fingerprint density at radius 1 is 1.14 bits per heavy atom. The molecule has 0 aliphatic rings. The van der Waals surface area contributed by atoms with E-state index in [0.29, 0.717) is 17.6 Å². The molecule has 2 rings (SSSR count). The monoisotopic (exact) mass is 290 g/mol. The van der Waals surface area contributed by atoms with Gasteiger partial charge < -0.3 is 19.4 Å². The zero-order valence-electron chi connectivity index (χ0n) is 11.7. The summed E-state index contributed by atoms with van der Waals surface area (Å²) in [5.41, 5.74) is 0.880. The van der Waals surface area contributed by atoms with Gasteiger partial charge in [-0.15, -0.1) is 0 Å². The lowest BCUT2D eigenvalue weighted by atomic mass is 9.91. The molecular formula is C16H15FO4. The molecule has 5 heteroatoms. The van der Waals surface area contributed by atoms with Gasteiger partial charge in [-0.2, -0.15) is 0 Å². The summed E-state index contributed by atoms with van der Waals surface area (Å²) in [6.07, 6.45) is 0.678. The number of hydrogen-bond donors (Lipinski definition) is 1. The molecule has 0 aromatic heterocycles. The van der Waals surface area contributed by atoms with E-state index in [1.165, 1.54) is 7.11 Å². The van der Waals surface area contributed by atoms with Gasteiger partial charge >= 0.3 is 0 Å². The summed E-state index contributed by atoms with van der Waals surface area (Å²) < 4.78 is 23.5. The highest BCUT2D eigenvalue weighted by Gasteiger charge is 2.22. The Bertz CT molecular complexity index is 637. The van der Waals surface area contributed by atoms with E-state index in [4.69, 9.17) is 9.47 Å². The zero-order valence-corrected chi connectivity index (χ0v) is 11.7. The third-order valence-electron chi connectivity index (χ3n) is 3.23. The molecule has 4 nitrogen and oxygen atoms in total. The fraction of sp³-hybridized carbons (Fsp3) is 0.188. The number of methoxy groups -OCH3 is 2. The smallest absolute Gasteiger partial charge is 0.132 e. The number of benzene rings is 2. The van der Waals surface area contributed by atoms with E-state index < -0.39 is 11.7 Å². The molecule has 0 amide bonds. The van der Waals surface area contributed by atoms with Crippen molar-refractivity contribution in [1.29, 1.82) is 0 Å². The summed E-state index contributed by atoms with van der Waals surface area (Å²) in [7, 11) is 2.90. The highest BCUT2D eigenvalue weighted by atomic mass is 19.1. The standard InChI is InChI=1S/C16H15FO4/c1-20-12-5-3-10(4-6-12)13(9-18)16-14(19)7-11(17)8-15(16)21-2/h3-9,13,19H,1-2H3. The Morgan fingerprint density at radius 2 is 1.81 bits per heavy atom. The van der Waals surface area contributed by atoms with Crippen LogP contribution < -0.4 is 9.47 Å². The molecule has 2 aromatic rings. The number of carbonyl (C=O) groups excluding carboxylic acids is 1. The summed E-state index contributed by atoms with van der Waals surface area (Å²) in [5.74, 6) is -0.933. The first-order valence-electron chi connectivity index (χ1n) is 6.26. The minimum atomic E-state index is -0.758. The van der Waals surface area contributed by atoms with Crippen LogP contribution in [0, 0.1) is 5.82 Å². The molecule has 1 unspecified atom stereocenters. The molecule has 0 fully saturated rings. The second-order valence-electron chi connectivity index (χ2n) is 4.43. The minimum Gasteiger partial charge on any atom is -0.507 e. The molecule has 110 valence electrons. The van der Waals surface area contributed by atoms with Crippen LogP contribution in [0.2, 0.25) is 0 Å². The first-order chi connectivity index (χ1) is 10.1. The molecule has 0 saturated heterocycles.